The van der Waals surface area contributed by atoms with Crippen LogP contribution >= 0.6 is 0 Å². The zero-order valence-corrected chi connectivity index (χ0v) is 12.6. The van der Waals surface area contributed by atoms with E-state index in [1.54, 1.807) is 11.1 Å². The van der Waals surface area contributed by atoms with Gasteiger partial charge in [0.2, 0.25) is 0 Å². The average molecular weight is 257 g/mol. The Morgan fingerprint density at radius 1 is 1.05 bits per heavy atom. The number of nitrogens with one attached hydrogen (secondary N) is 1. The fourth-order valence-electron chi connectivity index (χ4n) is 3.33. The van der Waals surface area contributed by atoms with Crippen LogP contribution in [0, 0.1) is 5.41 Å². The van der Waals surface area contributed by atoms with Crippen molar-refractivity contribution in [3.63, 3.8) is 0 Å². The van der Waals surface area contributed by atoms with Gasteiger partial charge in [-0.25, -0.2) is 0 Å². The lowest BCUT2D eigenvalue weighted by atomic mass is 9.89. The number of hydrogen-bond acceptors (Lipinski definition) is 1. The topological polar surface area (TPSA) is 12.0 Å². The monoisotopic (exact) mass is 257 g/mol. The van der Waals surface area contributed by atoms with Gasteiger partial charge >= 0.3 is 0 Å². The van der Waals surface area contributed by atoms with Crippen LogP contribution in [0.5, 0.6) is 0 Å². The molecule has 104 valence electrons. The molecule has 0 saturated heterocycles. The van der Waals surface area contributed by atoms with Crippen LogP contribution in [0.3, 0.4) is 0 Å². The molecule has 1 nitrogen and oxygen atoms in total. The summed E-state index contributed by atoms with van der Waals surface area (Å²) >= 11 is 0. The third-order valence-corrected chi connectivity index (χ3v) is 5.46. The molecule has 0 heterocycles. The standard InChI is InChI=1S/C18H27N/c1-13(19-14(2)18(3)10-11-18)16-9-8-15-6-4-5-7-17(15)12-16/h8-9,12-14,19H,4-7,10-11H2,1-3H3. The molecular formula is C18H27N. The molecule has 0 radical (unpaired) electrons. The maximum atomic E-state index is 3.81. The van der Waals surface area contributed by atoms with E-state index in [2.05, 4.69) is 44.3 Å². The molecule has 1 aromatic rings. The largest absolute Gasteiger partial charge is 0.307 e. The normalized spacial score (nSPS) is 23.5. The molecular weight excluding hydrogens is 230 g/mol. The van der Waals surface area contributed by atoms with Crippen LogP contribution in [0.4, 0.5) is 0 Å². The number of fused-ring (bicyclic) bond motifs is 1. The fraction of sp³-hybridized carbons (Fsp3) is 0.667. The van der Waals surface area contributed by atoms with Crippen LogP contribution < -0.4 is 5.32 Å². The molecule has 2 atom stereocenters. The first-order valence-corrected chi connectivity index (χ1v) is 7.96. The molecule has 0 amide bonds. The van der Waals surface area contributed by atoms with E-state index in [-0.39, 0.29) is 0 Å². The first kappa shape index (κ1) is 13.2. The molecule has 1 heteroatoms. The van der Waals surface area contributed by atoms with Gasteiger partial charge < -0.3 is 5.32 Å². The zero-order valence-electron chi connectivity index (χ0n) is 12.6. The molecule has 0 spiro atoms. The summed E-state index contributed by atoms with van der Waals surface area (Å²) in [6.07, 6.45) is 8.08. The number of rotatable bonds is 4. The Hall–Kier alpha value is -0.820. The van der Waals surface area contributed by atoms with Crippen molar-refractivity contribution in [2.75, 3.05) is 0 Å². The second kappa shape index (κ2) is 4.94. The minimum atomic E-state index is 0.472. The summed E-state index contributed by atoms with van der Waals surface area (Å²) in [5.74, 6) is 0. The molecule has 19 heavy (non-hydrogen) atoms. The maximum absolute atomic E-state index is 3.81. The third-order valence-electron chi connectivity index (χ3n) is 5.46. The molecule has 3 rings (SSSR count). The maximum Gasteiger partial charge on any atom is 0.0294 e. The predicted octanol–water partition coefficient (Wildman–Crippen LogP) is 4.40. The Labute approximate surface area is 117 Å². The van der Waals surface area contributed by atoms with Crippen molar-refractivity contribution in [3.8, 4) is 0 Å². The summed E-state index contributed by atoms with van der Waals surface area (Å²) in [6, 6.07) is 8.25. The van der Waals surface area contributed by atoms with E-state index in [9.17, 15) is 0 Å². The Morgan fingerprint density at radius 3 is 2.42 bits per heavy atom. The molecule has 2 aliphatic carbocycles. The summed E-state index contributed by atoms with van der Waals surface area (Å²) in [4.78, 5) is 0. The van der Waals surface area contributed by atoms with Crippen molar-refractivity contribution in [3.05, 3.63) is 34.9 Å². The summed E-state index contributed by atoms with van der Waals surface area (Å²) in [5, 5.41) is 3.81. The SMILES string of the molecule is CC(NC(C)C1(C)CC1)c1ccc2c(c1)CCCC2. The summed E-state index contributed by atoms with van der Waals surface area (Å²) < 4.78 is 0. The number of hydrogen-bond donors (Lipinski definition) is 1. The number of benzene rings is 1. The third kappa shape index (κ3) is 2.72. The van der Waals surface area contributed by atoms with E-state index in [0.29, 0.717) is 17.5 Å². The molecule has 2 unspecified atom stereocenters. The van der Waals surface area contributed by atoms with Crippen molar-refractivity contribution in [1.29, 1.82) is 0 Å². The quantitative estimate of drug-likeness (QED) is 0.842. The molecule has 0 bridgehead atoms. The van der Waals surface area contributed by atoms with Crippen molar-refractivity contribution in [2.45, 2.75) is 71.4 Å². The minimum Gasteiger partial charge on any atom is -0.307 e. The Kier molecular flexibility index (Phi) is 3.42. The highest BCUT2D eigenvalue weighted by Gasteiger charge is 2.42. The highest BCUT2D eigenvalue weighted by molar-refractivity contribution is 5.35. The summed E-state index contributed by atoms with van der Waals surface area (Å²) in [7, 11) is 0. The summed E-state index contributed by atoms with van der Waals surface area (Å²) in [6.45, 7) is 7.07. The van der Waals surface area contributed by atoms with Gasteiger partial charge in [-0.2, -0.15) is 0 Å². The lowest BCUT2D eigenvalue weighted by Gasteiger charge is -2.26. The molecule has 1 fully saturated rings. The van der Waals surface area contributed by atoms with E-state index in [1.807, 2.05) is 0 Å². The Balaban J connectivity index is 1.70. The Morgan fingerprint density at radius 2 is 1.74 bits per heavy atom. The molecule has 0 aliphatic heterocycles. The molecule has 1 N–H and O–H groups in total. The molecule has 1 aromatic carbocycles. The summed E-state index contributed by atoms with van der Waals surface area (Å²) in [5.41, 5.74) is 5.21. The van der Waals surface area contributed by atoms with Crippen LogP contribution in [-0.4, -0.2) is 6.04 Å². The van der Waals surface area contributed by atoms with E-state index in [1.165, 1.54) is 44.1 Å². The van der Waals surface area contributed by atoms with E-state index < -0.39 is 0 Å². The second-order valence-electron chi connectivity index (χ2n) is 7.00. The van der Waals surface area contributed by atoms with E-state index >= 15 is 0 Å². The van der Waals surface area contributed by atoms with Gasteiger partial charge in [0, 0.05) is 12.1 Å². The average Bonchev–Trinajstić information content (AvgIpc) is 3.17. The van der Waals surface area contributed by atoms with Crippen LogP contribution in [0.25, 0.3) is 0 Å². The van der Waals surface area contributed by atoms with Gasteiger partial charge in [-0.05, 0) is 74.5 Å². The minimum absolute atomic E-state index is 0.472. The van der Waals surface area contributed by atoms with Gasteiger partial charge in [-0.15, -0.1) is 0 Å². The van der Waals surface area contributed by atoms with Gasteiger partial charge in [0.1, 0.15) is 0 Å². The van der Waals surface area contributed by atoms with Crippen LogP contribution in [0.2, 0.25) is 0 Å². The first-order chi connectivity index (χ1) is 9.08. The van der Waals surface area contributed by atoms with Gasteiger partial charge in [-0.3, -0.25) is 0 Å². The van der Waals surface area contributed by atoms with Gasteiger partial charge in [-0.1, -0.05) is 25.1 Å². The smallest absolute Gasteiger partial charge is 0.0294 e. The van der Waals surface area contributed by atoms with Crippen LogP contribution in [-0.2, 0) is 12.8 Å². The van der Waals surface area contributed by atoms with Gasteiger partial charge in [0.25, 0.3) is 0 Å². The zero-order chi connectivity index (χ0) is 13.5. The predicted molar refractivity (Wildman–Crippen MR) is 81.4 cm³/mol. The molecule has 1 saturated carbocycles. The van der Waals surface area contributed by atoms with Crippen LogP contribution in [0.1, 0.15) is 69.2 Å². The second-order valence-corrected chi connectivity index (χ2v) is 7.00. The van der Waals surface area contributed by atoms with Crippen molar-refractivity contribution in [2.24, 2.45) is 5.41 Å². The van der Waals surface area contributed by atoms with Crippen molar-refractivity contribution < 1.29 is 0 Å². The fourth-order valence-corrected chi connectivity index (χ4v) is 3.33. The Bertz CT molecular complexity index is 459. The van der Waals surface area contributed by atoms with Crippen molar-refractivity contribution >= 4 is 0 Å². The van der Waals surface area contributed by atoms with Crippen molar-refractivity contribution in [1.82, 2.24) is 5.32 Å². The number of aryl methyl sites for hydroxylation is 2. The lowest BCUT2D eigenvalue weighted by Crippen LogP contribution is -2.35. The van der Waals surface area contributed by atoms with E-state index in [0.717, 1.165) is 0 Å². The molecule has 0 aromatic heterocycles. The van der Waals surface area contributed by atoms with Crippen LogP contribution in [0.15, 0.2) is 18.2 Å². The first-order valence-electron chi connectivity index (χ1n) is 7.96. The molecule has 2 aliphatic rings. The highest BCUT2D eigenvalue weighted by Crippen LogP contribution is 2.48. The van der Waals surface area contributed by atoms with Gasteiger partial charge in [0.15, 0.2) is 0 Å². The van der Waals surface area contributed by atoms with Gasteiger partial charge in [0.05, 0.1) is 0 Å². The van der Waals surface area contributed by atoms with E-state index in [4.69, 9.17) is 0 Å². The lowest BCUT2D eigenvalue weighted by molar-refractivity contribution is 0.350. The highest BCUT2D eigenvalue weighted by atomic mass is 15.0.